The Hall–Kier alpha value is -2.89. The van der Waals surface area contributed by atoms with Crippen LogP contribution in [0.4, 0.5) is 4.39 Å². The highest BCUT2D eigenvalue weighted by atomic mass is 19.1. The molecule has 5 nitrogen and oxygen atoms in total. The molecule has 0 atom stereocenters. The van der Waals surface area contributed by atoms with E-state index in [1.165, 1.54) is 6.07 Å². The molecule has 0 saturated carbocycles. The van der Waals surface area contributed by atoms with Gasteiger partial charge < -0.3 is 15.4 Å². The number of amides is 2. The molecule has 2 aromatic rings. The van der Waals surface area contributed by atoms with Crippen LogP contribution < -0.4 is 15.4 Å². The number of hydrogen-bond donors (Lipinski definition) is 2. The summed E-state index contributed by atoms with van der Waals surface area (Å²) in [6, 6.07) is 13.8. The molecule has 0 aliphatic carbocycles. The Balaban J connectivity index is 1.88. The van der Waals surface area contributed by atoms with E-state index >= 15 is 0 Å². The molecule has 0 bridgehead atoms. The number of methoxy groups -OCH3 is 1. The van der Waals surface area contributed by atoms with Crippen molar-refractivity contribution >= 4 is 11.8 Å². The maximum Gasteiger partial charge on any atom is 0.235 e. The maximum atomic E-state index is 13.6. The fourth-order valence-corrected chi connectivity index (χ4v) is 2.58. The zero-order chi connectivity index (χ0) is 19.9. The molecule has 144 valence electrons. The van der Waals surface area contributed by atoms with Crippen LogP contribution in [0.25, 0.3) is 0 Å². The lowest BCUT2D eigenvalue weighted by Gasteiger charge is -2.23. The standard InChI is InChI=1S/C21H25FN2O3/c1-21(2,20(26)24-14-16-9-4-6-10-17(16)22)19(25)23-13-12-15-8-5-7-11-18(15)27-3/h4-11H,12-14H2,1-3H3,(H,23,25)(H,24,26). The van der Waals surface area contributed by atoms with Gasteiger partial charge in [0.05, 0.1) is 7.11 Å². The summed E-state index contributed by atoms with van der Waals surface area (Å²) < 4.78 is 18.9. The molecule has 2 N–H and O–H groups in total. The van der Waals surface area contributed by atoms with Crippen molar-refractivity contribution in [3.63, 3.8) is 0 Å². The van der Waals surface area contributed by atoms with Crippen LogP contribution in [0.5, 0.6) is 5.75 Å². The topological polar surface area (TPSA) is 67.4 Å². The van der Waals surface area contributed by atoms with Crippen LogP contribution in [-0.4, -0.2) is 25.5 Å². The third kappa shape index (κ3) is 5.29. The van der Waals surface area contributed by atoms with Crippen molar-refractivity contribution in [3.8, 4) is 5.75 Å². The van der Waals surface area contributed by atoms with Crippen molar-refractivity contribution in [2.24, 2.45) is 5.41 Å². The summed E-state index contributed by atoms with van der Waals surface area (Å²) in [6.45, 7) is 3.50. The predicted molar refractivity (Wildman–Crippen MR) is 102 cm³/mol. The number of nitrogens with one attached hydrogen (secondary N) is 2. The second kappa shape index (κ2) is 9.16. The first-order chi connectivity index (χ1) is 12.9. The number of carbonyl (C=O) groups is 2. The fraction of sp³-hybridized carbons (Fsp3) is 0.333. The largest absolute Gasteiger partial charge is 0.496 e. The number of halogens is 1. The quantitative estimate of drug-likeness (QED) is 0.700. The van der Waals surface area contributed by atoms with Gasteiger partial charge in [0.1, 0.15) is 17.0 Å². The molecule has 0 spiro atoms. The highest BCUT2D eigenvalue weighted by Gasteiger charge is 2.35. The van der Waals surface area contributed by atoms with Crippen molar-refractivity contribution < 1.29 is 18.7 Å². The van der Waals surface area contributed by atoms with Gasteiger partial charge in [0.25, 0.3) is 0 Å². The van der Waals surface area contributed by atoms with Crippen LogP contribution in [0, 0.1) is 11.2 Å². The van der Waals surface area contributed by atoms with E-state index in [2.05, 4.69) is 10.6 Å². The summed E-state index contributed by atoms with van der Waals surface area (Å²) >= 11 is 0. The number of ether oxygens (including phenoxy) is 1. The van der Waals surface area contributed by atoms with Gasteiger partial charge in [-0.1, -0.05) is 36.4 Å². The van der Waals surface area contributed by atoms with Gasteiger partial charge in [-0.15, -0.1) is 0 Å². The average molecular weight is 372 g/mol. The molecular weight excluding hydrogens is 347 g/mol. The van der Waals surface area contributed by atoms with Gasteiger partial charge in [-0.2, -0.15) is 0 Å². The lowest BCUT2D eigenvalue weighted by atomic mass is 9.91. The van der Waals surface area contributed by atoms with Crippen molar-refractivity contribution in [1.82, 2.24) is 10.6 Å². The highest BCUT2D eigenvalue weighted by Crippen LogP contribution is 2.19. The Morgan fingerprint density at radius 1 is 0.963 bits per heavy atom. The van der Waals surface area contributed by atoms with Crippen LogP contribution in [-0.2, 0) is 22.6 Å². The van der Waals surface area contributed by atoms with Gasteiger partial charge in [0, 0.05) is 18.7 Å². The minimum Gasteiger partial charge on any atom is -0.496 e. The number of carbonyl (C=O) groups excluding carboxylic acids is 2. The molecule has 0 radical (unpaired) electrons. The third-order valence-corrected chi connectivity index (χ3v) is 4.40. The van der Waals surface area contributed by atoms with Gasteiger partial charge in [0.2, 0.25) is 11.8 Å². The van der Waals surface area contributed by atoms with E-state index < -0.39 is 17.1 Å². The second-order valence-corrected chi connectivity index (χ2v) is 6.72. The maximum absolute atomic E-state index is 13.6. The number of hydrogen-bond acceptors (Lipinski definition) is 3. The van der Waals surface area contributed by atoms with Gasteiger partial charge in [0.15, 0.2) is 0 Å². The summed E-state index contributed by atoms with van der Waals surface area (Å²) in [6.07, 6.45) is 0.586. The van der Waals surface area contributed by atoms with Gasteiger partial charge in [-0.3, -0.25) is 9.59 Å². The van der Waals surface area contributed by atoms with E-state index in [0.717, 1.165) is 11.3 Å². The number of para-hydroxylation sites is 1. The lowest BCUT2D eigenvalue weighted by molar-refractivity contribution is -0.141. The zero-order valence-electron chi connectivity index (χ0n) is 15.8. The summed E-state index contributed by atoms with van der Waals surface area (Å²) in [5.74, 6) is -0.477. The first-order valence-electron chi connectivity index (χ1n) is 8.78. The molecule has 2 rings (SSSR count). The van der Waals surface area contributed by atoms with E-state index in [0.29, 0.717) is 18.5 Å². The first kappa shape index (κ1) is 20.4. The molecule has 2 aromatic carbocycles. The summed E-state index contributed by atoms with van der Waals surface area (Å²) in [4.78, 5) is 24.9. The molecule has 0 aliphatic rings. The first-order valence-corrected chi connectivity index (χ1v) is 8.78. The third-order valence-electron chi connectivity index (χ3n) is 4.40. The molecule has 27 heavy (non-hydrogen) atoms. The van der Waals surface area contributed by atoms with E-state index in [-0.39, 0.29) is 12.5 Å². The Morgan fingerprint density at radius 2 is 1.56 bits per heavy atom. The van der Waals surface area contributed by atoms with Crippen LogP contribution >= 0.6 is 0 Å². The van der Waals surface area contributed by atoms with Crippen molar-refractivity contribution in [1.29, 1.82) is 0 Å². The highest BCUT2D eigenvalue weighted by molar-refractivity contribution is 6.04. The molecule has 0 saturated heterocycles. The lowest BCUT2D eigenvalue weighted by Crippen LogP contribution is -2.48. The van der Waals surface area contributed by atoms with Gasteiger partial charge in [-0.05, 0) is 38.0 Å². The molecule has 0 fully saturated rings. The van der Waals surface area contributed by atoms with Gasteiger partial charge >= 0.3 is 0 Å². The number of rotatable bonds is 8. The molecule has 2 amide bonds. The van der Waals surface area contributed by atoms with Crippen molar-refractivity contribution in [3.05, 3.63) is 65.5 Å². The fourth-order valence-electron chi connectivity index (χ4n) is 2.58. The molecule has 0 unspecified atom stereocenters. The Morgan fingerprint density at radius 3 is 2.22 bits per heavy atom. The molecule has 0 aliphatic heterocycles. The van der Waals surface area contributed by atoms with E-state index in [9.17, 15) is 14.0 Å². The van der Waals surface area contributed by atoms with Gasteiger partial charge in [-0.25, -0.2) is 4.39 Å². The Labute approximate surface area is 158 Å². The minimum absolute atomic E-state index is 0.0312. The normalized spacial score (nSPS) is 11.0. The van der Waals surface area contributed by atoms with Crippen LogP contribution in [0.2, 0.25) is 0 Å². The molecule has 6 heteroatoms. The second-order valence-electron chi connectivity index (χ2n) is 6.72. The SMILES string of the molecule is COc1ccccc1CCNC(=O)C(C)(C)C(=O)NCc1ccccc1F. The number of benzene rings is 2. The van der Waals surface area contributed by atoms with Crippen LogP contribution in [0.3, 0.4) is 0 Å². The molecular formula is C21H25FN2O3. The monoisotopic (exact) mass is 372 g/mol. The minimum atomic E-state index is -1.27. The molecule has 0 aromatic heterocycles. The average Bonchev–Trinajstić information content (AvgIpc) is 2.67. The summed E-state index contributed by atoms with van der Waals surface area (Å²) in [5.41, 5.74) is 0.0757. The van der Waals surface area contributed by atoms with E-state index in [4.69, 9.17) is 4.74 Å². The Bertz CT molecular complexity index is 806. The summed E-state index contributed by atoms with van der Waals surface area (Å²) in [5, 5.41) is 5.41. The molecule has 0 heterocycles. The van der Waals surface area contributed by atoms with Crippen LogP contribution in [0.1, 0.15) is 25.0 Å². The van der Waals surface area contributed by atoms with E-state index in [1.807, 2.05) is 24.3 Å². The Kier molecular flexibility index (Phi) is 6.93. The van der Waals surface area contributed by atoms with E-state index in [1.54, 1.807) is 39.2 Å². The smallest absolute Gasteiger partial charge is 0.235 e. The van der Waals surface area contributed by atoms with Crippen LogP contribution in [0.15, 0.2) is 48.5 Å². The van der Waals surface area contributed by atoms with Crippen molar-refractivity contribution in [2.75, 3.05) is 13.7 Å². The summed E-state index contributed by atoms with van der Waals surface area (Å²) in [7, 11) is 1.60. The zero-order valence-corrected chi connectivity index (χ0v) is 15.8. The van der Waals surface area contributed by atoms with Crippen molar-refractivity contribution in [2.45, 2.75) is 26.8 Å². The predicted octanol–water partition coefficient (Wildman–Crippen LogP) is 2.84.